The van der Waals surface area contributed by atoms with Crippen LogP contribution in [-0.4, -0.2) is 4.57 Å². The van der Waals surface area contributed by atoms with Gasteiger partial charge in [-0.1, -0.05) is 42.5 Å². The topological polar surface area (TPSA) is 71.8 Å². The van der Waals surface area contributed by atoms with Crippen molar-refractivity contribution in [1.82, 2.24) is 4.57 Å². The van der Waals surface area contributed by atoms with Crippen LogP contribution in [0.5, 0.6) is 0 Å². The average molecular weight is 369 g/mol. The molecular weight excluding hydrogens is 355 g/mol. The molecule has 0 atom stereocenters. The molecule has 2 aromatic carbocycles. The summed E-state index contributed by atoms with van der Waals surface area (Å²) >= 11 is 0. The zero-order valence-corrected chi connectivity index (χ0v) is 14.0. The summed E-state index contributed by atoms with van der Waals surface area (Å²) < 4.78 is 41.4. The Morgan fingerprint density at radius 2 is 1.67 bits per heavy atom. The highest BCUT2D eigenvalue weighted by molar-refractivity contribution is 5.62. The van der Waals surface area contributed by atoms with Gasteiger partial charge in [0.05, 0.1) is 17.8 Å². The fourth-order valence-electron chi connectivity index (χ4n) is 2.79. The molecule has 7 heteroatoms. The Bertz CT molecular complexity index is 1060. The average Bonchev–Trinajstić information content (AvgIpc) is 2.64. The van der Waals surface area contributed by atoms with Gasteiger partial charge in [0.25, 0.3) is 5.56 Å². The van der Waals surface area contributed by atoms with Crippen LogP contribution < -0.4 is 11.3 Å². The van der Waals surface area contributed by atoms with E-state index in [0.29, 0.717) is 16.8 Å². The van der Waals surface area contributed by atoms with E-state index < -0.39 is 22.9 Å². The number of halogens is 3. The molecule has 0 bridgehead atoms. The second-order valence-electron chi connectivity index (χ2n) is 5.93. The minimum atomic E-state index is -4.81. The second kappa shape index (κ2) is 7.00. The molecule has 0 spiro atoms. The van der Waals surface area contributed by atoms with Crippen LogP contribution in [0, 0.1) is 11.3 Å². The molecule has 1 aromatic heterocycles. The third-order valence-corrected chi connectivity index (χ3v) is 4.11. The number of rotatable bonds is 3. The summed E-state index contributed by atoms with van der Waals surface area (Å²) in [5.74, 6) is 0. The highest BCUT2D eigenvalue weighted by Crippen LogP contribution is 2.33. The molecule has 3 rings (SSSR count). The highest BCUT2D eigenvalue weighted by Gasteiger charge is 2.36. The third-order valence-electron chi connectivity index (χ3n) is 4.11. The van der Waals surface area contributed by atoms with Gasteiger partial charge in [-0.05, 0) is 29.3 Å². The Morgan fingerprint density at radius 1 is 1.04 bits per heavy atom. The predicted molar refractivity (Wildman–Crippen MR) is 95.8 cm³/mol. The number of nitrogens with zero attached hydrogens (tertiary/aromatic N) is 2. The van der Waals surface area contributed by atoms with Crippen LogP contribution >= 0.6 is 0 Å². The summed E-state index contributed by atoms with van der Waals surface area (Å²) in [5.41, 5.74) is 4.24. The summed E-state index contributed by atoms with van der Waals surface area (Å²) in [6.45, 7) is 0.0101. The monoisotopic (exact) mass is 369 g/mol. The van der Waals surface area contributed by atoms with Crippen LogP contribution in [0.3, 0.4) is 0 Å². The van der Waals surface area contributed by atoms with Crippen molar-refractivity contribution < 1.29 is 13.2 Å². The predicted octanol–water partition coefficient (Wildman–Crippen LogP) is 4.04. The van der Waals surface area contributed by atoms with E-state index in [4.69, 9.17) is 5.73 Å². The SMILES string of the molecule is N#Cc1c(C(F)(F)F)cc(-c2ccccc2)n(Cc2ccc(N)cc2)c1=O. The number of aromatic nitrogens is 1. The quantitative estimate of drug-likeness (QED) is 0.709. The molecule has 0 fully saturated rings. The number of anilines is 1. The van der Waals surface area contributed by atoms with Gasteiger partial charge in [0.15, 0.2) is 0 Å². The number of pyridine rings is 1. The van der Waals surface area contributed by atoms with E-state index in [0.717, 1.165) is 6.07 Å². The van der Waals surface area contributed by atoms with Gasteiger partial charge in [-0.15, -0.1) is 0 Å². The Morgan fingerprint density at radius 3 is 2.22 bits per heavy atom. The summed E-state index contributed by atoms with van der Waals surface area (Å²) in [6, 6.07) is 17.2. The van der Waals surface area contributed by atoms with Crippen molar-refractivity contribution in [2.45, 2.75) is 12.7 Å². The summed E-state index contributed by atoms with van der Waals surface area (Å²) in [5, 5.41) is 9.17. The first-order chi connectivity index (χ1) is 12.8. The lowest BCUT2D eigenvalue weighted by molar-refractivity contribution is -0.137. The van der Waals surface area contributed by atoms with Crippen LogP contribution in [0.1, 0.15) is 16.7 Å². The molecule has 3 aromatic rings. The summed E-state index contributed by atoms with van der Waals surface area (Å²) in [7, 11) is 0. The maximum absolute atomic E-state index is 13.4. The number of hydrogen-bond donors (Lipinski definition) is 1. The number of nitriles is 1. The third kappa shape index (κ3) is 3.70. The van der Waals surface area contributed by atoms with Gasteiger partial charge >= 0.3 is 6.18 Å². The molecule has 0 aliphatic heterocycles. The molecular formula is C20H14F3N3O. The first kappa shape index (κ1) is 18.3. The van der Waals surface area contributed by atoms with Gasteiger partial charge in [-0.25, -0.2) is 0 Å². The number of nitrogen functional groups attached to an aromatic ring is 1. The van der Waals surface area contributed by atoms with E-state index in [1.165, 1.54) is 10.6 Å². The van der Waals surface area contributed by atoms with E-state index in [9.17, 15) is 23.2 Å². The van der Waals surface area contributed by atoms with Crippen molar-refractivity contribution in [3.8, 4) is 17.3 Å². The first-order valence-electron chi connectivity index (χ1n) is 7.96. The summed E-state index contributed by atoms with van der Waals surface area (Å²) in [6.07, 6.45) is -4.81. The van der Waals surface area contributed by atoms with E-state index in [2.05, 4.69) is 0 Å². The van der Waals surface area contributed by atoms with E-state index in [1.807, 2.05) is 0 Å². The smallest absolute Gasteiger partial charge is 0.399 e. The van der Waals surface area contributed by atoms with Crippen molar-refractivity contribution in [2.24, 2.45) is 0 Å². The summed E-state index contributed by atoms with van der Waals surface area (Å²) in [4.78, 5) is 12.7. The van der Waals surface area contributed by atoms with E-state index >= 15 is 0 Å². The van der Waals surface area contributed by atoms with Crippen LogP contribution in [-0.2, 0) is 12.7 Å². The molecule has 2 N–H and O–H groups in total. The Balaban J connectivity index is 2.28. The lowest BCUT2D eigenvalue weighted by Gasteiger charge is -2.17. The number of nitrogens with two attached hydrogens (primary N) is 1. The van der Waals surface area contributed by atoms with Crippen molar-refractivity contribution in [2.75, 3.05) is 5.73 Å². The molecule has 136 valence electrons. The van der Waals surface area contributed by atoms with Gasteiger partial charge in [0.2, 0.25) is 0 Å². The molecule has 27 heavy (non-hydrogen) atoms. The first-order valence-corrected chi connectivity index (χ1v) is 7.96. The Kier molecular flexibility index (Phi) is 4.74. The zero-order valence-electron chi connectivity index (χ0n) is 14.0. The molecule has 0 saturated heterocycles. The van der Waals surface area contributed by atoms with Crippen molar-refractivity contribution in [3.05, 3.63) is 87.7 Å². The molecule has 0 aliphatic carbocycles. The minimum absolute atomic E-state index is 0.0101. The Labute approximate surface area is 152 Å². The lowest BCUT2D eigenvalue weighted by Crippen LogP contribution is -2.28. The minimum Gasteiger partial charge on any atom is -0.399 e. The van der Waals surface area contributed by atoms with Crippen molar-refractivity contribution >= 4 is 5.69 Å². The largest absolute Gasteiger partial charge is 0.417 e. The number of alkyl halides is 3. The normalized spacial score (nSPS) is 11.2. The molecule has 0 saturated carbocycles. The molecule has 4 nitrogen and oxygen atoms in total. The van der Waals surface area contributed by atoms with Gasteiger partial charge < -0.3 is 10.3 Å². The van der Waals surface area contributed by atoms with Gasteiger partial charge in [0, 0.05) is 5.69 Å². The van der Waals surface area contributed by atoms with Crippen molar-refractivity contribution in [3.63, 3.8) is 0 Å². The standard InChI is InChI=1S/C20H14F3N3O/c21-20(22,23)17-10-18(14-4-2-1-3-5-14)26(19(27)16(17)11-24)12-13-6-8-15(25)9-7-13/h1-10H,12,25H2. The molecule has 0 radical (unpaired) electrons. The van der Waals surface area contributed by atoms with Gasteiger partial charge in [0.1, 0.15) is 11.6 Å². The molecule has 0 amide bonds. The fourth-order valence-corrected chi connectivity index (χ4v) is 2.79. The Hall–Kier alpha value is -3.53. The number of benzene rings is 2. The van der Waals surface area contributed by atoms with E-state index in [-0.39, 0.29) is 12.2 Å². The zero-order chi connectivity index (χ0) is 19.6. The van der Waals surface area contributed by atoms with Crippen molar-refractivity contribution in [1.29, 1.82) is 5.26 Å². The molecule has 0 unspecified atom stereocenters. The second-order valence-corrected chi connectivity index (χ2v) is 5.93. The van der Waals surface area contributed by atoms with E-state index in [1.54, 1.807) is 54.6 Å². The lowest BCUT2D eigenvalue weighted by atomic mass is 10.0. The maximum Gasteiger partial charge on any atom is 0.417 e. The molecule has 1 heterocycles. The molecule has 0 aliphatic rings. The van der Waals surface area contributed by atoms with Crippen LogP contribution in [0.25, 0.3) is 11.3 Å². The number of hydrogen-bond acceptors (Lipinski definition) is 3. The van der Waals surface area contributed by atoms with Gasteiger partial charge in [-0.3, -0.25) is 4.79 Å². The van der Waals surface area contributed by atoms with Gasteiger partial charge in [-0.2, -0.15) is 18.4 Å². The van der Waals surface area contributed by atoms with Crippen LogP contribution in [0.4, 0.5) is 18.9 Å². The fraction of sp³-hybridized carbons (Fsp3) is 0.100. The van der Waals surface area contributed by atoms with Crippen LogP contribution in [0.15, 0.2) is 65.5 Å². The highest BCUT2D eigenvalue weighted by atomic mass is 19.4. The van der Waals surface area contributed by atoms with Crippen LogP contribution in [0.2, 0.25) is 0 Å². The maximum atomic E-state index is 13.4.